The SMILES string of the molecule is CN(CC(F)F)S(=O)(=O)c1ccnc(Cl)c1. The summed E-state index contributed by atoms with van der Waals surface area (Å²) in [6.07, 6.45) is -1.53. The van der Waals surface area contributed by atoms with Crippen LogP contribution in [0.25, 0.3) is 0 Å². The first kappa shape index (κ1) is 13.3. The van der Waals surface area contributed by atoms with Gasteiger partial charge in [0.25, 0.3) is 6.43 Å². The van der Waals surface area contributed by atoms with Gasteiger partial charge in [-0.05, 0) is 12.1 Å². The van der Waals surface area contributed by atoms with Crippen LogP contribution in [0.4, 0.5) is 8.78 Å². The standard InChI is InChI=1S/C8H9ClF2N2O2S/c1-13(5-8(10)11)16(14,15)6-2-3-12-7(9)4-6/h2-4,8H,5H2,1H3. The van der Waals surface area contributed by atoms with Crippen molar-refractivity contribution >= 4 is 21.6 Å². The van der Waals surface area contributed by atoms with E-state index in [0.717, 1.165) is 13.1 Å². The summed E-state index contributed by atoms with van der Waals surface area (Å²) in [7, 11) is -2.85. The van der Waals surface area contributed by atoms with Crippen molar-refractivity contribution in [3.8, 4) is 0 Å². The summed E-state index contributed by atoms with van der Waals surface area (Å²) in [5, 5.41) is -0.00785. The smallest absolute Gasteiger partial charge is 0.244 e. The van der Waals surface area contributed by atoms with Crippen molar-refractivity contribution in [1.29, 1.82) is 0 Å². The minimum absolute atomic E-state index is 0.00785. The molecular weight excluding hydrogens is 262 g/mol. The van der Waals surface area contributed by atoms with E-state index in [-0.39, 0.29) is 10.0 Å². The second kappa shape index (κ2) is 5.03. The highest BCUT2D eigenvalue weighted by atomic mass is 35.5. The second-order valence-corrected chi connectivity index (χ2v) is 5.42. The molecule has 0 aliphatic heterocycles. The van der Waals surface area contributed by atoms with Gasteiger partial charge >= 0.3 is 0 Å². The zero-order valence-corrected chi connectivity index (χ0v) is 9.84. The fourth-order valence-electron chi connectivity index (χ4n) is 1.02. The van der Waals surface area contributed by atoms with E-state index in [1.165, 1.54) is 12.3 Å². The topological polar surface area (TPSA) is 50.3 Å². The van der Waals surface area contributed by atoms with E-state index in [9.17, 15) is 17.2 Å². The number of hydrogen-bond donors (Lipinski definition) is 0. The monoisotopic (exact) mass is 270 g/mol. The third-order valence-corrected chi connectivity index (χ3v) is 3.83. The molecule has 1 aromatic rings. The molecule has 0 aliphatic carbocycles. The molecule has 1 rings (SSSR count). The van der Waals surface area contributed by atoms with Crippen molar-refractivity contribution in [2.75, 3.05) is 13.6 Å². The normalized spacial score (nSPS) is 12.4. The molecule has 4 nitrogen and oxygen atoms in total. The minimum Gasteiger partial charge on any atom is -0.244 e. The van der Waals surface area contributed by atoms with Gasteiger partial charge in [0.15, 0.2) is 0 Å². The molecule has 90 valence electrons. The van der Waals surface area contributed by atoms with E-state index >= 15 is 0 Å². The molecule has 1 aromatic heterocycles. The van der Waals surface area contributed by atoms with E-state index in [1.807, 2.05) is 0 Å². The fourth-order valence-corrected chi connectivity index (χ4v) is 2.42. The fraction of sp³-hybridized carbons (Fsp3) is 0.375. The van der Waals surface area contributed by atoms with Crippen molar-refractivity contribution in [2.24, 2.45) is 0 Å². The maximum absolute atomic E-state index is 12.1. The van der Waals surface area contributed by atoms with Crippen LogP contribution in [0.15, 0.2) is 23.2 Å². The molecule has 0 amide bonds. The number of aromatic nitrogens is 1. The first-order valence-electron chi connectivity index (χ1n) is 4.20. The Morgan fingerprint density at radius 2 is 2.19 bits per heavy atom. The summed E-state index contributed by atoms with van der Waals surface area (Å²) in [5.41, 5.74) is 0. The average molecular weight is 271 g/mol. The lowest BCUT2D eigenvalue weighted by molar-refractivity contribution is 0.126. The molecule has 16 heavy (non-hydrogen) atoms. The summed E-state index contributed by atoms with van der Waals surface area (Å²) in [6, 6.07) is 2.31. The number of sulfonamides is 1. The zero-order chi connectivity index (χ0) is 12.3. The van der Waals surface area contributed by atoms with Gasteiger partial charge in [-0.15, -0.1) is 0 Å². The number of nitrogens with zero attached hydrogens (tertiary/aromatic N) is 2. The van der Waals surface area contributed by atoms with Gasteiger partial charge in [0.05, 0.1) is 11.4 Å². The average Bonchev–Trinajstić information content (AvgIpc) is 2.16. The predicted molar refractivity (Wildman–Crippen MR) is 55.1 cm³/mol. The molecule has 0 saturated carbocycles. The Kier molecular flexibility index (Phi) is 4.17. The van der Waals surface area contributed by atoms with E-state index in [0.29, 0.717) is 4.31 Å². The highest BCUT2D eigenvalue weighted by Gasteiger charge is 2.23. The molecule has 0 bridgehead atoms. The molecule has 0 radical (unpaired) electrons. The summed E-state index contributed by atoms with van der Waals surface area (Å²) >= 11 is 5.52. The highest BCUT2D eigenvalue weighted by molar-refractivity contribution is 7.89. The van der Waals surface area contributed by atoms with Crippen LogP contribution in [0.1, 0.15) is 0 Å². The Morgan fingerprint density at radius 3 is 2.69 bits per heavy atom. The number of alkyl halides is 2. The van der Waals surface area contributed by atoms with Crippen molar-refractivity contribution < 1.29 is 17.2 Å². The number of hydrogen-bond acceptors (Lipinski definition) is 3. The third kappa shape index (κ3) is 3.10. The van der Waals surface area contributed by atoms with Gasteiger partial charge in [-0.2, -0.15) is 4.31 Å². The minimum atomic E-state index is -3.93. The third-order valence-electron chi connectivity index (χ3n) is 1.80. The molecule has 0 aliphatic rings. The Labute approximate surface area is 96.9 Å². The molecule has 0 fully saturated rings. The molecule has 0 unspecified atom stereocenters. The Hall–Kier alpha value is -0.790. The zero-order valence-electron chi connectivity index (χ0n) is 8.27. The van der Waals surface area contributed by atoms with Crippen molar-refractivity contribution in [3.05, 3.63) is 23.5 Å². The number of pyridine rings is 1. The lowest BCUT2D eigenvalue weighted by Crippen LogP contribution is -2.31. The van der Waals surface area contributed by atoms with Gasteiger partial charge in [-0.25, -0.2) is 22.2 Å². The number of halogens is 3. The van der Waals surface area contributed by atoms with Crippen LogP contribution in [-0.2, 0) is 10.0 Å². The van der Waals surface area contributed by atoms with Gasteiger partial charge < -0.3 is 0 Å². The Bertz CT molecular complexity index is 467. The molecule has 0 atom stereocenters. The molecule has 0 saturated heterocycles. The quantitative estimate of drug-likeness (QED) is 0.781. The van der Waals surface area contributed by atoms with Gasteiger partial charge in [-0.3, -0.25) is 0 Å². The Morgan fingerprint density at radius 1 is 1.56 bits per heavy atom. The van der Waals surface area contributed by atoms with Crippen LogP contribution in [0.3, 0.4) is 0 Å². The van der Waals surface area contributed by atoms with E-state index in [2.05, 4.69) is 4.98 Å². The largest absolute Gasteiger partial charge is 0.252 e. The molecule has 0 aromatic carbocycles. The van der Waals surface area contributed by atoms with Crippen LogP contribution >= 0.6 is 11.6 Å². The van der Waals surface area contributed by atoms with Crippen LogP contribution in [0.5, 0.6) is 0 Å². The lowest BCUT2D eigenvalue weighted by Gasteiger charge is -2.16. The lowest BCUT2D eigenvalue weighted by atomic mass is 10.5. The van der Waals surface area contributed by atoms with Gasteiger partial charge in [-0.1, -0.05) is 11.6 Å². The summed E-state index contributed by atoms with van der Waals surface area (Å²) < 4.78 is 48.2. The Balaban J connectivity index is 3.02. The van der Waals surface area contributed by atoms with Crippen LogP contribution in [0.2, 0.25) is 5.15 Å². The van der Waals surface area contributed by atoms with Gasteiger partial charge in [0, 0.05) is 13.2 Å². The first-order chi connectivity index (χ1) is 7.34. The van der Waals surface area contributed by atoms with Crippen LogP contribution < -0.4 is 0 Å². The molecule has 8 heteroatoms. The molecular formula is C8H9ClF2N2O2S. The molecule has 0 spiro atoms. The maximum Gasteiger partial charge on any atom is 0.252 e. The highest BCUT2D eigenvalue weighted by Crippen LogP contribution is 2.17. The van der Waals surface area contributed by atoms with E-state index in [4.69, 9.17) is 11.6 Å². The van der Waals surface area contributed by atoms with Crippen molar-refractivity contribution in [1.82, 2.24) is 9.29 Å². The molecule has 0 N–H and O–H groups in total. The van der Waals surface area contributed by atoms with Gasteiger partial charge in [0.1, 0.15) is 5.15 Å². The summed E-state index contributed by atoms with van der Waals surface area (Å²) in [4.78, 5) is 3.45. The van der Waals surface area contributed by atoms with Crippen LogP contribution in [0, 0.1) is 0 Å². The van der Waals surface area contributed by atoms with E-state index < -0.39 is 23.0 Å². The summed E-state index contributed by atoms with van der Waals surface area (Å²) in [5.74, 6) is 0. The van der Waals surface area contributed by atoms with Gasteiger partial charge in [0.2, 0.25) is 10.0 Å². The van der Waals surface area contributed by atoms with Crippen molar-refractivity contribution in [3.63, 3.8) is 0 Å². The van der Waals surface area contributed by atoms with E-state index in [1.54, 1.807) is 0 Å². The van der Waals surface area contributed by atoms with Crippen LogP contribution in [-0.4, -0.2) is 37.7 Å². The van der Waals surface area contributed by atoms with Crippen molar-refractivity contribution in [2.45, 2.75) is 11.3 Å². The number of rotatable bonds is 4. The first-order valence-corrected chi connectivity index (χ1v) is 6.02. The maximum atomic E-state index is 12.1. The second-order valence-electron chi connectivity index (χ2n) is 2.99. The predicted octanol–water partition coefficient (Wildman–Crippen LogP) is 1.62. The molecule has 1 heterocycles. The summed E-state index contributed by atoms with van der Waals surface area (Å²) in [6.45, 7) is -0.859.